The summed E-state index contributed by atoms with van der Waals surface area (Å²) in [5, 5.41) is 3.20. The summed E-state index contributed by atoms with van der Waals surface area (Å²) < 4.78 is 45.9. The molecule has 8 nitrogen and oxygen atoms in total. The van der Waals surface area contributed by atoms with Crippen molar-refractivity contribution in [2.24, 2.45) is 11.1 Å². The summed E-state index contributed by atoms with van der Waals surface area (Å²) in [6.07, 6.45) is 3.43. The zero-order valence-corrected chi connectivity index (χ0v) is 23.6. The van der Waals surface area contributed by atoms with Crippen LogP contribution in [0.3, 0.4) is 0 Å². The molecule has 2 unspecified atom stereocenters. The van der Waals surface area contributed by atoms with Crippen LogP contribution in [-0.4, -0.2) is 36.3 Å². The van der Waals surface area contributed by atoms with E-state index in [0.29, 0.717) is 46.0 Å². The van der Waals surface area contributed by atoms with Crippen LogP contribution in [0.4, 0.5) is 14.5 Å². The first-order valence-electron chi connectivity index (χ1n) is 13.3. The van der Waals surface area contributed by atoms with E-state index >= 15 is 4.39 Å². The number of methoxy groups -OCH3 is 1. The first-order valence-corrected chi connectivity index (χ1v) is 13.9. The molecule has 1 aromatic heterocycles. The smallest absolute Gasteiger partial charge is 0.240 e. The summed E-state index contributed by atoms with van der Waals surface area (Å²) in [4.78, 5) is 29.8. The molecule has 0 spiro atoms. The first-order chi connectivity index (χ1) is 20.3. The third-order valence-electron chi connectivity index (χ3n) is 7.28. The van der Waals surface area contributed by atoms with Gasteiger partial charge in [-0.3, -0.25) is 14.6 Å². The topological polar surface area (TPSA) is 113 Å². The molecule has 4 aromatic rings. The predicted molar refractivity (Wildman–Crippen MR) is 157 cm³/mol. The first kappa shape index (κ1) is 29.1. The van der Waals surface area contributed by atoms with Crippen LogP contribution < -0.4 is 25.3 Å². The molecule has 2 amide bonds. The number of fused-ring (bicyclic) bond motifs is 1. The third kappa shape index (κ3) is 5.82. The maximum Gasteiger partial charge on any atom is 0.240 e. The highest BCUT2D eigenvalue weighted by Gasteiger charge is 2.65. The van der Waals surface area contributed by atoms with Gasteiger partial charge in [-0.25, -0.2) is 8.78 Å². The van der Waals surface area contributed by atoms with E-state index in [2.05, 4.69) is 22.9 Å². The highest BCUT2D eigenvalue weighted by molar-refractivity contribution is 7.80. The predicted octanol–water partition coefficient (Wildman–Crippen LogP) is 6.00. The molecule has 42 heavy (non-hydrogen) atoms. The molecule has 3 aromatic carbocycles. The van der Waals surface area contributed by atoms with E-state index in [0.717, 1.165) is 18.6 Å². The number of carbonyl (C=O) groups is 2. The van der Waals surface area contributed by atoms with Gasteiger partial charge in [0, 0.05) is 29.3 Å². The summed E-state index contributed by atoms with van der Waals surface area (Å²) in [6, 6.07) is 14.5. The number of pyridine rings is 1. The number of halogens is 2. The van der Waals surface area contributed by atoms with Gasteiger partial charge in [-0.2, -0.15) is 12.6 Å². The third-order valence-corrected chi connectivity index (χ3v) is 7.60. The molecule has 2 atom stereocenters. The SMILES string of the molecule is COc1cc2c(Oc3ccc(C4CC4(C(N)=O)C(=O)Nc4ccc(F)cc4)cc3F)ccnc2cc1OCCCCS. The number of unbranched alkanes of at least 4 members (excludes halogenated alkanes) is 1. The Morgan fingerprint density at radius 1 is 1.02 bits per heavy atom. The normalized spacial score (nSPS) is 17.5. The van der Waals surface area contributed by atoms with E-state index in [1.165, 1.54) is 43.5 Å². The minimum atomic E-state index is -1.55. The number of hydrogen-bond acceptors (Lipinski definition) is 7. The van der Waals surface area contributed by atoms with Crippen molar-refractivity contribution >= 4 is 41.0 Å². The highest BCUT2D eigenvalue weighted by Crippen LogP contribution is 2.60. The fraction of sp³-hybridized carbons (Fsp3) is 0.258. The maximum absolute atomic E-state index is 15.3. The average molecular weight is 594 g/mol. The minimum absolute atomic E-state index is 0.0570. The number of nitrogens with zero attached hydrogens (tertiary/aromatic N) is 1. The molecule has 1 aliphatic carbocycles. The van der Waals surface area contributed by atoms with Crippen molar-refractivity contribution in [1.82, 2.24) is 4.98 Å². The zero-order valence-electron chi connectivity index (χ0n) is 22.7. The average Bonchev–Trinajstić information content (AvgIpc) is 3.75. The number of primary amides is 1. The Morgan fingerprint density at radius 3 is 2.50 bits per heavy atom. The Balaban J connectivity index is 1.35. The van der Waals surface area contributed by atoms with Gasteiger partial charge in [0.15, 0.2) is 23.1 Å². The Bertz CT molecular complexity index is 1640. The van der Waals surface area contributed by atoms with Crippen molar-refractivity contribution in [1.29, 1.82) is 0 Å². The van der Waals surface area contributed by atoms with Gasteiger partial charge in [0.2, 0.25) is 11.8 Å². The summed E-state index contributed by atoms with van der Waals surface area (Å²) >= 11 is 4.21. The number of amides is 2. The summed E-state index contributed by atoms with van der Waals surface area (Å²) in [5.41, 5.74) is 5.40. The highest BCUT2D eigenvalue weighted by atomic mass is 32.1. The van der Waals surface area contributed by atoms with E-state index in [-0.39, 0.29) is 12.2 Å². The van der Waals surface area contributed by atoms with E-state index < -0.39 is 34.8 Å². The number of hydrogen-bond donors (Lipinski definition) is 3. The van der Waals surface area contributed by atoms with Crippen LogP contribution in [0.2, 0.25) is 0 Å². The standard InChI is InChI=1S/C31H29F2N3O5S/c1-39-27-15-21-24(16-28(27)40-12-2-3-13-42)35-11-10-25(21)41-26-9-4-18(14-23(26)33)22-17-31(22,29(34)37)30(38)36-20-7-5-19(32)6-8-20/h4-11,14-16,22,42H,2-3,12-13,17H2,1H3,(H2,34,37)(H,36,38). The Hall–Kier alpha value is -4.38. The molecule has 0 aliphatic heterocycles. The van der Waals surface area contributed by atoms with Gasteiger partial charge < -0.3 is 25.3 Å². The van der Waals surface area contributed by atoms with E-state index in [1.807, 2.05) is 0 Å². The number of thiol groups is 1. The Morgan fingerprint density at radius 2 is 1.81 bits per heavy atom. The number of anilines is 1. The number of nitrogens with one attached hydrogen (secondary N) is 1. The largest absolute Gasteiger partial charge is 0.493 e. The van der Waals surface area contributed by atoms with Gasteiger partial charge in [0.1, 0.15) is 17.0 Å². The second-order valence-corrected chi connectivity index (χ2v) is 10.4. The second-order valence-electron chi connectivity index (χ2n) is 9.95. The number of aromatic nitrogens is 1. The summed E-state index contributed by atoms with van der Waals surface area (Å²) in [6.45, 7) is 0.502. The molecular weight excluding hydrogens is 564 g/mol. The van der Waals surface area contributed by atoms with Crippen LogP contribution in [0.1, 0.15) is 30.7 Å². The van der Waals surface area contributed by atoms with Crippen molar-refractivity contribution in [2.75, 3.05) is 24.8 Å². The van der Waals surface area contributed by atoms with Crippen molar-refractivity contribution in [3.63, 3.8) is 0 Å². The maximum atomic E-state index is 15.3. The number of nitrogens with two attached hydrogens (primary N) is 1. The molecule has 5 rings (SSSR count). The number of ether oxygens (including phenoxy) is 3. The van der Waals surface area contributed by atoms with Crippen LogP contribution in [-0.2, 0) is 9.59 Å². The molecule has 218 valence electrons. The van der Waals surface area contributed by atoms with Crippen LogP contribution in [0.15, 0.2) is 66.9 Å². The van der Waals surface area contributed by atoms with Crippen LogP contribution in [0, 0.1) is 17.0 Å². The molecule has 0 bridgehead atoms. The number of benzene rings is 3. The van der Waals surface area contributed by atoms with Gasteiger partial charge in [-0.15, -0.1) is 0 Å². The monoisotopic (exact) mass is 593 g/mol. The lowest BCUT2D eigenvalue weighted by atomic mass is 9.96. The van der Waals surface area contributed by atoms with Crippen LogP contribution in [0.5, 0.6) is 23.0 Å². The molecule has 1 fully saturated rings. The minimum Gasteiger partial charge on any atom is -0.493 e. The van der Waals surface area contributed by atoms with E-state index in [4.69, 9.17) is 19.9 Å². The van der Waals surface area contributed by atoms with Crippen molar-refractivity contribution < 1.29 is 32.6 Å². The van der Waals surface area contributed by atoms with Gasteiger partial charge in [0.25, 0.3) is 0 Å². The number of rotatable bonds is 12. The Kier molecular flexibility index (Phi) is 8.49. The lowest BCUT2D eigenvalue weighted by Gasteiger charge is -2.15. The molecule has 11 heteroatoms. The molecule has 1 saturated carbocycles. The molecular formula is C31H29F2N3O5S. The van der Waals surface area contributed by atoms with Crippen LogP contribution >= 0.6 is 12.6 Å². The van der Waals surface area contributed by atoms with Gasteiger partial charge >= 0.3 is 0 Å². The van der Waals surface area contributed by atoms with Gasteiger partial charge in [-0.05, 0) is 79.1 Å². The van der Waals surface area contributed by atoms with Crippen molar-refractivity contribution in [3.8, 4) is 23.0 Å². The molecule has 1 heterocycles. The summed E-state index contributed by atoms with van der Waals surface area (Å²) in [7, 11) is 1.53. The van der Waals surface area contributed by atoms with Crippen molar-refractivity contribution in [3.05, 3.63) is 84.1 Å². The fourth-order valence-corrected chi connectivity index (χ4v) is 5.12. The van der Waals surface area contributed by atoms with Crippen LogP contribution in [0.25, 0.3) is 10.9 Å². The van der Waals surface area contributed by atoms with E-state index in [9.17, 15) is 14.0 Å². The zero-order chi connectivity index (χ0) is 29.9. The van der Waals surface area contributed by atoms with E-state index in [1.54, 1.807) is 30.5 Å². The molecule has 0 saturated heterocycles. The molecule has 1 aliphatic rings. The Labute approximate surface area is 246 Å². The lowest BCUT2D eigenvalue weighted by molar-refractivity contribution is -0.132. The van der Waals surface area contributed by atoms with Crippen molar-refractivity contribution in [2.45, 2.75) is 25.2 Å². The van der Waals surface area contributed by atoms with Gasteiger partial charge in [0.05, 0.1) is 19.2 Å². The summed E-state index contributed by atoms with van der Waals surface area (Å²) in [5.74, 6) is -1.14. The fourth-order valence-electron chi connectivity index (χ4n) is 4.90. The number of carbonyl (C=O) groups excluding carboxylic acids is 2. The van der Waals surface area contributed by atoms with Gasteiger partial charge in [-0.1, -0.05) is 6.07 Å². The lowest BCUT2D eigenvalue weighted by Crippen LogP contribution is -2.37. The quantitative estimate of drug-likeness (QED) is 0.106. The molecule has 3 N–H and O–H groups in total. The molecule has 0 radical (unpaired) electrons. The second kappa shape index (κ2) is 12.2.